The predicted molar refractivity (Wildman–Crippen MR) is 211 cm³/mol. The van der Waals surface area contributed by atoms with Gasteiger partial charge in [0.05, 0.1) is 11.0 Å². The average Bonchev–Trinajstić information content (AvgIpc) is 3.55. The molecule has 0 aliphatic heterocycles. The van der Waals surface area contributed by atoms with E-state index in [1.165, 1.54) is 26.9 Å². The summed E-state index contributed by atoms with van der Waals surface area (Å²) in [6.07, 6.45) is 0. The maximum Gasteiger partial charge on any atom is 0.164 e. The van der Waals surface area contributed by atoms with Crippen molar-refractivity contribution < 1.29 is 0 Å². The van der Waals surface area contributed by atoms with Crippen molar-refractivity contribution >= 4 is 43.4 Å². The van der Waals surface area contributed by atoms with Gasteiger partial charge in [-0.25, -0.2) is 15.0 Å². The molecule has 0 fully saturated rings. The fraction of sp³-hybridized carbons (Fsp3) is 0. The number of nitrogens with zero attached hydrogens (tertiary/aromatic N) is 4. The van der Waals surface area contributed by atoms with Gasteiger partial charge in [0.15, 0.2) is 17.5 Å². The third kappa shape index (κ3) is 4.96. The first-order chi connectivity index (χ1) is 25.3. The zero-order valence-corrected chi connectivity index (χ0v) is 27.6. The Kier molecular flexibility index (Phi) is 6.78. The summed E-state index contributed by atoms with van der Waals surface area (Å²) in [5.74, 6) is 1.92. The van der Waals surface area contributed by atoms with Crippen LogP contribution in [0.3, 0.4) is 0 Å². The van der Waals surface area contributed by atoms with Gasteiger partial charge in [0.1, 0.15) is 0 Å². The van der Waals surface area contributed by atoms with Crippen LogP contribution in [0, 0.1) is 0 Å². The quantitative estimate of drug-likeness (QED) is 0.174. The van der Waals surface area contributed by atoms with Crippen LogP contribution in [-0.2, 0) is 0 Å². The van der Waals surface area contributed by atoms with E-state index in [9.17, 15) is 0 Å². The first-order valence-corrected chi connectivity index (χ1v) is 17.2. The number of benzene rings is 8. The molecule has 2 heterocycles. The molecule has 0 atom stereocenters. The van der Waals surface area contributed by atoms with Gasteiger partial charge in [-0.15, -0.1) is 0 Å². The Morgan fingerprint density at radius 2 is 0.882 bits per heavy atom. The van der Waals surface area contributed by atoms with Crippen molar-refractivity contribution in [3.63, 3.8) is 0 Å². The van der Waals surface area contributed by atoms with Gasteiger partial charge in [-0.05, 0) is 63.5 Å². The normalized spacial score (nSPS) is 11.5. The van der Waals surface area contributed by atoms with E-state index < -0.39 is 0 Å². The number of hydrogen-bond acceptors (Lipinski definition) is 3. The lowest BCUT2D eigenvalue weighted by Crippen LogP contribution is -2.01. The zero-order chi connectivity index (χ0) is 33.7. The molecule has 10 aromatic rings. The maximum absolute atomic E-state index is 5.14. The highest BCUT2D eigenvalue weighted by Crippen LogP contribution is 2.42. The molecule has 51 heavy (non-hydrogen) atoms. The molecule has 0 unspecified atom stereocenters. The third-order valence-electron chi connectivity index (χ3n) is 9.80. The van der Waals surface area contributed by atoms with Crippen molar-refractivity contribution in [2.45, 2.75) is 0 Å². The fourth-order valence-electron chi connectivity index (χ4n) is 7.41. The fourth-order valence-corrected chi connectivity index (χ4v) is 7.41. The van der Waals surface area contributed by atoms with Crippen molar-refractivity contribution in [1.82, 2.24) is 19.5 Å². The molecule has 238 valence electrons. The first-order valence-electron chi connectivity index (χ1n) is 17.2. The summed E-state index contributed by atoms with van der Waals surface area (Å²) in [4.78, 5) is 15.3. The minimum atomic E-state index is 0.634. The van der Waals surface area contributed by atoms with Crippen LogP contribution in [-0.4, -0.2) is 19.5 Å². The van der Waals surface area contributed by atoms with E-state index in [1.54, 1.807) is 0 Å². The van der Waals surface area contributed by atoms with E-state index in [2.05, 4.69) is 150 Å². The van der Waals surface area contributed by atoms with Gasteiger partial charge in [-0.1, -0.05) is 146 Å². The standard InChI is InChI=1S/C47H30N4/c1-4-15-32(16-5-1)45-48-46(33-17-6-2-7-18-33)50-47(49-45)36-29-41(35-26-27-39-34(28-35)25-24-31-14-10-11-21-38(31)39)44-42(30-36)40-22-12-13-23-43(40)51(44)37-19-8-3-9-20-37/h1-30H. The highest BCUT2D eigenvalue weighted by Gasteiger charge is 2.21. The van der Waals surface area contributed by atoms with Crippen LogP contribution in [0.4, 0.5) is 0 Å². The van der Waals surface area contributed by atoms with Gasteiger partial charge >= 0.3 is 0 Å². The summed E-state index contributed by atoms with van der Waals surface area (Å²) >= 11 is 0. The molecule has 8 aromatic carbocycles. The number of para-hydroxylation sites is 2. The van der Waals surface area contributed by atoms with E-state index in [0.29, 0.717) is 17.5 Å². The Bertz CT molecular complexity index is 2840. The molecule has 0 N–H and O–H groups in total. The van der Waals surface area contributed by atoms with Crippen LogP contribution in [0.25, 0.3) is 94.3 Å². The molecule has 0 aliphatic rings. The minimum Gasteiger partial charge on any atom is -0.309 e. The van der Waals surface area contributed by atoms with Crippen LogP contribution in [0.5, 0.6) is 0 Å². The summed E-state index contributed by atoms with van der Waals surface area (Å²) in [7, 11) is 0. The molecule has 0 radical (unpaired) electrons. The van der Waals surface area contributed by atoms with Crippen molar-refractivity contribution in [1.29, 1.82) is 0 Å². The van der Waals surface area contributed by atoms with Crippen LogP contribution in [0.2, 0.25) is 0 Å². The number of rotatable bonds is 5. The SMILES string of the molecule is c1ccc(-c2nc(-c3ccccc3)nc(-c3cc(-c4ccc5c(ccc6ccccc65)c4)c4c(c3)c3ccccc3n4-c3ccccc3)n2)cc1. The first kappa shape index (κ1) is 29.0. The summed E-state index contributed by atoms with van der Waals surface area (Å²) in [6, 6.07) is 64.0. The summed E-state index contributed by atoms with van der Waals surface area (Å²) < 4.78 is 2.40. The van der Waals surface area contributed by atoms with Crippen molar-refractivity contribution in [3.05, 3.63) is 182 Å². The molecule has 4 heteroatoms. The van der Waals surface area contributed by atoms with Crippen molar-refractivity contribution in [2.75, 3.05) is 0 Å². The molecule has 2 aromatic heterocycles. The van der Waals surface area contributed by atoms with Crippen LogP contribution < -0.4 is 0 Å². The molecule has 0 bridgehead atoms. The van der Waals surface area contributed by atoms with Gasteiger partial charge in [0, 0.05) is 38.7 Å². The Morgan fingerprint density at radius 1 is 0.333 bits per heavy atom. The second kappa shape index (κ2) is 11.9. The van der Waals surface area contributed by atoms with Gasteiger partial charge in [-0.3, -0.25) is 0 Å². The highest BCUT2D eigenvalue weighted by molar-refractivity contribution is 6.16. The predicted octanol–water partition coefficient (Wildman–Crippen LogP) is 11.9. The smallest absolute Gasteiger partial charge is 0.164 e. The molecular formula is C47H30N4. The van der Waals surface area contributed by atoms with Crippen LogP contribution in [0.1, 0.15) is 0 Å². The molecule has 10 rings (SSSR count). The van der Waals surface area contributed by atoms with E-state index >= 15 is 0 Å². The van der Waals surface area contributed by atoms with E-state index in [0.717, 1.165) is 49.9 Å². The Labute approximate surface area is 295 Å². The molecular weight excluding hydrogens is 621 g/mol. The number of fused-ring (bicyclic) bond motifs is 6. The number of aromatic nitrogens is 4. The van der Waals surface area contributed by atoms with E-state index in [-0.39, 0.29) is 0 Å². The summed E-state index contributed by atoms with van der Waals surface area (Å²) in [5, 5.41) is 7.25. The monoisotopic (exact) mass is 650 g/mol. The lowest BCUT2D eigenvalue weighted by atomic mass is 9.94. The second-order valence-corrected chi connectivity index (χ2v) is 12.9. The topological polar surface area (TPSA) is 43.6 Å². The van der Waals surface area contributed by atoms with Crippen molar-refractivity contribution in [3.8, 4) is 51.0 Å². The van der Waals surface area contributed by atoms with Gasteiger partial charge in [0.2, 0.25) is 0 Å². The summed E-state index contributed by atoms with van der Waals surface area (Å²) in [5.41, 5.74) is 8.47. The van der Waals surface area contributed by atoms with Gasteiger partial charge < -0.3 is 4.57 Å². The van der Waals surface area contributed by atoms with Crippen molar-refractivity contribution in [2.24, 2.45) is 0 Å². The van der Waals surface area contributed by atoms with E-state index in [4.69, 9.17) is 15.0 Å². The maximum atomic E-state index is 5.14. The lowest BCUT2D eigenvalue weighted by molar-refractivity contribution is 1.07. The van der Waals surface area contributed by atoms with Gasteiger partial charge in [-0.2, -0.15) is 0 Å². The highest BCUT2D eigenvalue weighted by atomic mass is 15.0. The van der Waals surface area contributed by atoms with Gasteiger partial charge in [0.25, 0.3) is 0 Å². The molecule has 4 nitrogen and oxygen atoms in total. The zero-order valence-electron chi connectivity index (χ0n) is 27.6. The minimum absolute atomic E-state index is 0.634. The second-order valence-electron chi connectivity index (χ2n) is 12.9. The lowest BCUT2D eigenvalue weighted by Gasteiger charge is -2.15. The number of hydrogen-bond donors (Lipinski definition) is 0. The third-order valence-corrected chi connectivity index (χ3v) is 9.80. The van der Waals surface area contributed by atoms with Crippen LogP contribution in [0.15, 0.2) is 182 Å². The van der Waals surface area contributed by atoms with E-state index in [1.807, 2.05) is 36.4 Å². The Balaban J connectivity index is 1.30. The Hall–Kier alpha value is -6.91. The molecule has 0 saturated heterocycles. The average molecular weight is 651 g/mol. The van der Waals surface area contributed by atoms with Crippen LogP contribution >= 0.6 is 0 Å². The Morgan fingerprint density at radius 3 is 1.59 bits per heavy atom. The molecule has 0 aliphatic carbocycles. The molecule has 0 saturated carbocycles. The molecule has 0 amide bonds. The summed E-state index contributed by atoms with van der Waals surface area (Å²) in [6.45, 7) is 0. The largest absolute Gasteiger partial charge is 0.309 e. The molecule has 0 spiro atoms.